The minimum atomic E-state index is 0.109. The fraction of sp³-hybridized carbons (Fsp3) is 0.533. The Labute approximate surface area is 115 Å². The van der Waals surface area contributed by atoms with Gasteiger partial charge in [0, 0.05) is 30.9 Å². The zero-order valence-corrected chi connectivity index (χ0v) is 11.8. The zero-order valence-electron chi connectivity index (χ0n) is 11.8. The molecule has 4 nitrogen and oxygen atoms in total. The largest absolute Gasteiger partial charge is 0.366 e. The molecule has 2 N–H and O–H groups in total. The Morgan fingerprint density at radius 3 is 2.58 bits per heavy atom. The lowest BCUT2D eigenvalue weighted by molar-refractivity contribution is 0.101. The first kappa shape index (κ1) is 14.0. The molecule has 104 valence electrons. The molecule has 0 saturated carbocycles. The van der Waals surface area contributed by atoms with Crippen molar-refractivity contribution >= 4 is 11.5 Å². The highest BCUT2D eigenvalue weighted by atomic mass is 16.1. The SMILES string of the molecule is CC(=O)c1ccc(N2CCCN(C)CC2CN)cc1. The van der Waals surface area contributed by atoms with Crippen molar-refractivity contribution in [3.05, 3.63) is 29.8 Å². The fourth-order valence-corrected chi connectivity index (χ4v) is 2.67. The quantitative estimate of drug-likeness (QED) is 0.835. The molecule has 0 amide bonds. The molecule has 0 aromatic heterocycles. The Kier molecular flexibility index (Phi) is 4.56. The van der Waals surface area contributed by atoms with Crippen LogP contribution in [0.5, 0.6) is 0 Å². The van der Waals surface area contributed by atoms with Crippen LogP contribution in [0.1, 0.15) is 23.7 Å². The van der Waals surface area contributed by atoms with E-state index in [1.165, 1.54) is 0 Å². The van der Waals surface area contributed by atoms with Crippen LogP contribution >= 0.6 is 0 Å². The van der Waals surface area contributed by atoms with Gasteiger partial charge < -0.3 is 15.5 Å². The summed E-state index contributed by atoms with van der Waals surface area (Å²) < 4.78 is 0. The number of nitrogens with zero attached hydrogens (tertiary/aromatic N) is 2. The van der Waals surface area contributed by atoms with E-state index in [4.69, 9.17) is 5.73 Å². The highest BCUT2D eigenvalue weighted by molar-refractivity contribution is 5.94. The lowest BCUT2D eigenvalue weighted by Crippen LogP contribution is -2.45. The van der Waals surface area contributed by atoms with Gasteiger partial charge >= 0.3 is 0 Å². The van der Waals surface area contributed by atoms with Crippen molar-refractivity contribution in [2.45, 2.75) is 19.4 Å². The first-order chi connectivity index (χ1) is 9.11. The Morgan fingerprint density at radius 1 is 1.32 bits per heavy atom. The summed E-state index contributed by atoms with van der Waals surface area (Å²) in [6.45, 7) is 5.37. The summed E-state index contributed by atoms with van der Waals surface area (Å²) in [6.07, 6.45) is 1.14. The van der Waals surface area contributed by atoms with Gasteiger partial charge in [-0.15, -0.1) is 0 Å². The normalized spacial score (nSPS) is 21.2. The van der Waals surface area contributed by atoms with Crippen LogP contribution in [0, 0.1) is 0 Å². The van der Waals surface area contributed by atoms with Crippen LogP contribution in [0.15, 0.2) is 24.3 Å². The molecular formula is C15H23N3O. The zero-order chi connectivity index (χ0) is 13.8. The molecule has 1 aromatic rings. The van der Waals surface area contributed by atoms with Crippen molar-refractivity contribution in [1.82, 2.24) is 4.90 Å². The second kappa shape index (κ2) is 6.17. The monoisotopic (exact) mass is 261 g/mol. The molecule has 1 aromatic carbocycles. The standard InChI is InChI=1S/C15H23N3O/c1-12(19)13-4-6-14(7-5-13)18-9-3-8-17(2)11-15(18)10-16/h4-7,15H,3,8-11,16H2,1-2H3. The van der Waals surface area contributed by atoms with Gasteiger partial charge in [-0.1, -0.05) is 0 Å². The van der Waals surface area contributed by atoms with E-state index < -0.39 is 0 Å². The second-order valence-corrected chi connectivity index (χ2v) is 5.30. The summed E-state index contributed by atoms with van der Waals surface area (Å²) in [4.78, 5) is 16.0. The Morgan fingerprint density at radius 2 is 2.00 bits per heavy atom. The number of Topliss-reactive ketones (excluding diaryl/α,β-unsaturated/α-hetero) is 1. The molecule has 1 atom stereocenters. The first-order valence-electron chi connectivity index (χ1n) is 6.88. The molecular weight excluding hydrogens is 238 g/mol. The number of rotatable bonds is 3. The molecule has 1 fully saturated rings. The van der Waals surface area contributed by atoms with E-state index in [0.29, 0.717) is 12.6 Å². The van der Waals surface area contributed by atoms with E-state index in [1.807, 2.05) is 24.3 Å². The molecule has 19 heavy (non-hydrogen) atoms. The third-order valence-corrected chi connectivity index (χ3v) is 3.78. The summed E-state index contributed by atoms with van der Waals surface area (Å²) in [5.74, 6) is 0.109. The number of benzene rings is 1. The van der Waals surface area contributed by atoms with E-state index in [0.717, 1.165) is 37.3 Å². The van der Waals surface area contributed by atoms with Gasteiger partial charge in [-0.2, -0.15) is 0 Å². The van der Waals surface area contributed by atoms with E-state index in [9.17, 15) is 4.79 Å². The van der Waals surface area contributed by atoms with Gasteiger partial charge in [0.05, 0.1) is 6.04 Å². The predicted octanol–water partition coefficient (Wildman–Crippen LogP) is 1.36. The topological polar surface area (TPSA) is 49.6 Å². The molecule has 1 saturated heterocycles. The van der Waals surface area contributed by atoms with E-state index in [-0.39, 0.29) is 5.78 Å². The average Bonchev–Trinajstić information content (AvgIpc) is 2.60. The number of likely N-dealkylation sites (N-methyl/N-ethyl adjacent to an activating group) is 1. The summed E-state index contributed by atoms with van der Waals surface area (Å²) in [5.41, 5.74) is 7.84. The van der Waals surface area contributed by atoms with Gasteiger partial charge in [0.25, 0.3) is 0 Å². The number of nitrogens with two attached hydrogens (primary N) is 1. The number of anilines is 1. The third kappa shape index (κ3) is 3.33. The minimum Gasteiger partial charge on any atom is -0.366 e. The number of carbonyl (C=O) groups excluding carboxylic acids is 1. The lowest BCUT2D eigenvalue weighted by Gasteiger charge is -2.32. The van der Waals surface area contributed by atoms with Crippen LogP contribution in [-0.4, -0.2) is 50.0 Å². The molecule has 4 heteroatoms. The molecule has 1 unspecified atom stereocenters. The van der Waals surface area contributed by atoms with Crippen molar-refractivity contribution in [2.75, 3.05) is 38.1 Å². The molecule has 0 bridgehead atoms. The molecule has 1 aliphatic rings. The van der Waals surface area contributed by atoms with Crippen molar-refractivity contribution in [1.29, 1.82) is 0 Å². The van der Waals surface area contributed by atoms with Gasteiger partial charge in [0.1, 0.15) is 0 Å². The minimum absolute atomic E-state index is 0.109. The number of hydrogen-bond acceptors (Lipinski definition) is 4. The van der Waals surface area contributed by atoms with Crippen LogP contribution in [0.4, 0.5) is 5.69 Å². The van der Waals surface area contributed by atoms with Crippen molar-refractivity contribution in [2.24, 2.45) is 5.73 Å². The van der Waals surface area contributed by atoms with Crippen LogP contribution in [-0.2, 0) is 0 Å². The van der Waals surface area contributed by atoms with Gasteiger partial charge in [-0.05, 0) is 51.2 Å². The summed E-state index contributed by atoms with van der Waals surface area (Å²) in [6, 6.07) is 8.21. The Hall–Kier alpha value is -1.39. The number of ketones is 1. The van der Waals surface area contributed by atoms with Crippen molar-refractivity contribution < 1.29 is 4.79 Å². The van der Waals surface area contributed by atoms with Crippen LogP contribution < -0.4 is 10.6 Å². The first-order valence-corrected chi connectivity index (χ1v) is 6.88. The summed E-state index contributed by atoms with van der Waals surface area (Å²) in [7, 11) is 2.14. The number of carbonyl (C=O) groups is 1. The van der Waals surface area contributed by atoms with E-state index in [2.05, 4.69) is 16.8 Å². The summed E-state index contributed by atoms with van der Waals surface area (Å²) >= 11 is 0. The highest BCUT2D eigenvalue weighted by Gasteiger charge is 2.22. The van der Waals surface area contributed by atoms with Crippen LogP contribution in [0.25, 0.3) is 0 Å². The molecule has 0 spiro atoms. The molecule has 1 aliphatic heterocycles. The summed E-state index contributed by atoms with van der Waals surface area (Å²) in [5, 5.41) is 0. The van der Waals surface area contributed by atoms with Crippen molar-refractivity contribution in [3.8, 4) is 0 Å². The molecule has 2 rings (SSSR count). The molecule has 1 heterocycles. The maximum absolute atomic E-state index is 11.3. The van der Waals surface area contributed by atoms with E-state index in [1.54, 1.807) is 6.92 Å². The second-order valence-electron chi connectivity index (χ2n) is 5.30. The van der Waals surface area contributed by atoms with Crippen LogP contribution in [0.3, 0.4) is 0 Å². The number of hydrogen-bond donors (Lipinski definition) is 1. The Bertz CT molecular complexity index is 430. The van der Waals surface area contributed by atoms with Gasteiger partial charge in [0.2, 0.25) is 0 Å². The molecule has 0 radical (unpaired) electrons. The maximum atomic E-state index is 11.3. The predicted molar refractivity (Wildman–Crippen MR) is 78.7 cm³/mol. The average molecular weight is 261 g/mol. The smallest absolute Gasteiger partial charge is 0.159 e. The van der Waals surface area contributed by atoms with Gasteiger partial charge in [0.15, 0.2) is 5.78 Å². The van der Waals surface area contributed by atoms with E-state index >= 15 is 0 Å². The van der Waals surface area contributed by atoms with Gasteiger partial charge in [-0.25, -0.2) is 0 Å². The van der Waals surface area contributed by atoms with Gasteiger partial charge in [-0.3, -0.25) is 4.79 Å². The molecule has 0 aliphatic carbocycles. The highest BCUT2D eigenvalue weighted by Crippen LogP contribution is 2.20. The fourth-order valence-electron chi connectivity index (χ4n) is 2.67. The Balaban J connectivity index is 2.20. The third-order valence-electron chi connectivity index (χ3n) is 3.78. The van der Waals surface area contributed by atoms with Crippen LogP contribution in [0.2, 0.25) is 0 Å². The maximum Gasteiger partial charge on any atom is 0.159 e. The van der Waals surface area contributed by atoms with Crippen molar-refractivity contribution in [3.63, 3.8) is 0 Å². The lowest BCUT2D eigenvalue weighted by atomic mass is 10.1.